The highest BCUT2D eigenvalue weighted by Crippen LogP contribution is 2.50. The van der Waals surface area contributed by atoms with E-state index in [-0.39, 0.29) is 10.8 Å². The van der Waals surface area contributed by atoms with Gasteiger partial charge >= 0.3 is 6.09 Å². The Morgan fingerprint density at radius 2 is 1.80 bits per heavy atom. The second-order valence-corrected chi connectivity index (χ2v) is 17.5. The zero-order valence-corrected chi connectivity index (χ0v) is 32.7. The number of hydrogen-bond acceptors (Lipinski definition) is 8. The van der Waals surface area contributed by atoms with Gasteiger partial charge in [0.25, 0.3) is 0 Å². The minimum Gasteiger partial charge on any atom is -0.443 e. The van der Waals surface area contributed by atoms with Gasteiger partial charge < -0.3 is 30.0 Å². The van der Waals surface area contributed by atoms with Gasteiger partial charge in [-0.3, -0.25) is 0 Å². The van der Waals surface area contributed by atoms with Gasteiger partial charge in [0.15, 0.2) is 5.79 Å². The van der Waals surface area contributed by atoms with Crippen molar-refractivity contribution in [1.82, 2.24) is 9.62 Å². The highest BCUT2D eigenvalue weighted by Gasteiger charge is 2.61. The standard InChI is InChI=1S/C39H61N3O7S/c1-24(2)36(6,7)38(10,11)42(50(44,45)32-19-18-28(40)22-26(32)4)23-31(46-13)33(27(5)29-17-15-14-16-25(29)3)41-35(43)48-34-30-20-21-47-39(30,12)49-37(34,8)9/h14-19,22,24,27,30-31,33-34H,20-21,23,40H2,1-13H3,(H,41,43)/t27?,30-,31+,33-,34+,39+/m0/s1/i6D3,24D/t27?,30-,31+,33-,34+,36?,39+. The minimum atomic E-state index is -4.54. The molecule has 50 heavy (non-hydrogen) atoms. The van der Waals surface area contributed by atoms with Crippen LogP contribution in [0.1, 0.15) is 104 Å². The summed E-state index contributed by atoms with van der Waals surface area (Å²) in [5.74, 6) is -3.24. The van der Waals surface area contributed by atoms with Crippen molar-refractivity contribution in [2.75, 3.05) is 26.0 Å². The molecule has 2 aromatic carbocycles. The van der Waals surface area contributed by atoms with E-state index in [4.69, 9.17) is 30.2 Å². The number of nitrogens with zero attached hydrogens (tertiary/aromatic N) is 1. The molecule has 0 aromatic heterocycles. The summed E-state index contributed by atoms with van der Waals surface area (Å²) in [5, 5.41) is 3.05. The number of fused-ring (bicyclic) bond motifs is 1. The van der Waals surface area contributed by atoms with Crippen molar-refractivity contribution in [2.24, 2.45) is 17.2 Å². The van der Waals surface area contributed by atoms with Crippen LogP contribution >= 0.6 is 0 Å². The van der Waals surface area contributed by atoms with Crippen LogP contribution in [0.5, 0.6) is 0 Å². The second-order valence-electron chi connectivity index (χ2n) is 15.6. The number of nitrogens with one attached hydrogen (secondary N) is 1. The van der Waals surface area contributed by atoms with Gasteiger partial charge in [0.05, 0.1) is 29.6 Å². The Morgan fingerprint density at radius 1 is 1.14 bits per heavy atom. The van der Waals surface area contributed by atoms with Crippen molar-refractivity contribution in [3.8, 4) is 0 Å². The summed E-state index contributed by atoms with van der Waals surface area (Å²) >= 11 is 0. The Balaban J connectivity index is 1.87. The third-order valence-corrected chi connectivity index (χ3v) is 13.6. The van der Waals surface area contributed by atoms with Crippen LogP contribution in [-0.4, -0.2) is 74.3 Å². The van der Waals surface area contributed by atoms with Gasteiger partial charge in [0.2, 0.25) is 10.0 Å². The zero-order valence-electron chi connectivity index (χ0n) is 35.8. The maximum atomic E-state index is 15.1. The summed E-state index contributed by atoms with van der Waals surface area (Å²) in [7, 11) is -3.11. The molecule has 2 aliphatic rings. The number of methoxy groups -OCH3 is 1. The number of rotatable bonds is 13. The lowest BCUT2D eigenvalue weighted by atomic mass is 9.67. The maximum Gasteiger partial charge on any atom is 0.407 e. The molecule has 2 fully saturated rings. The molecule has 2 unspecified atom stereocenters. The third kappa shape index (κ3) is 7.44. The minimum absolute atomic E-state index is 0.0727. The molecule has 1 amide bonds. The summed E-state index contributed by atoms with van der Waals surface area (Å²) in [6, 6.07) is 11.2. The number of carbonyl (C=O) groups is 1. The summed E-state index contributed by atoms with van der Waals surface area (Å²) in [6.45, 7) is 15.8. The Hall–Kier alpha value is -2.70. The number of hydrogen-bond donors (Lipinski definition) is 2. The largest absolute Gasteiger partial charge is 0.443 e. The first kappa shape index (κ1) is 34.4. The fraction of sp³-hybridized carbons (Fsp3) is 0.667. The monoisotopic (exact) mass is 719 g/mol. The average molecular weight is 720 g/mol. The molecular formula is C39H61N3O7S. The summed E-state index contributed by atoms with van der Waals surface area (Å²) in [6.07, 6.45) is -1.81. The van der Waals surface area contributed by atoms with E-state index in [2.05, 4.69) is 5.32 Å². The molecule has 280 valence electrons. The zero-order chi connectivity index (χ0) is 41.0. The Labute approximate surface area is 306 Å². The fourth-order valence-electron chi connectivity index (χ4n) is 7.76. The van der Waals surface area contributed by atoms with Crippen LogP contribution in [0.4, 0.5) is 10.5 Å². The number of anilines is 1. The van der Waals surface area contributed by atoms with Gasteiger partial charge in [-0.05, 0) is 101 Å². The number of carbonyl (C=O) groups excluding carboxylic acids is 1. The number of nitrogens with two attached hydrogens (primary N) is 1. The fourth-order valence-corrected chi connectivity index (χ4v) is 9.83. The van der Waals surface area contributed by atoms with E-state index < -0.39 is 81.9 Å². The van der Waals surface area contributed by atoms with Crippen LogP contribution in [0.15, 0.2) is 47.4 Å². The van der Waals surface area contributed by atoms with Crippen molar-refractivity contribution in [1.29, 1.82) is 0 Å². The summed E-state index contributed by atoms with van der Waals surface area (Å²) in [4.78, 5) is 14.0. The van der Waals surface area contributed by atoms with E-state index in [9.17, 15) is 4.79 Å². The molecule has 0 spiro atoms. The normalized spacial score (nSPS) is 26.8. The smallest absolute Gasteiger partial charge is 0.407 e. The average Bonchev–Trinajstić information content (AvgIpc) is 3.48. The molecule has 11 heteroatoms. The highest BCUT2D eigenvalue weighted by molar-refractivity contribution is 7.89. The van der Waals surface area contributed by atoms with Crippen LogP contribution in [0, 0.1) is 31.1 Å². The van der Waals surface area contributed by atoms with Gasteiger partial charge in [-0.15, -0.1) is 0 Å². The molecule has 0 bridgehead atoms. The topological polar surface area (TPSA) is 129 Å². The van der Waals surface area contributed by atoms with Crippen LogP contribution in [-0.2, 0) is 29.0 Å². The number of alkyl carbamates (subject to hydrolysis) is 1. The van der Waals surface area contributed by atoms with E-state index in [0.29, 0.717) is 24.3 Å². The number of nitrogen functional groups attached to an aromatic ring is 1. The van der Waals surface area contributed by atoms with E-state index in [1.807, 2.05) is 58.9 Å². The molecule has 0 saturated carbocycles. The third-order valence-electron chi connectivity index (χ3n) is 11.4. The van der Waals surface area contributed by atoms with Crippen LogP contribution in [0.2, 0.25) is 0 Å². The summed E-state index contributed by atoms with van der Waals surface area (Å²) < 4.78 is 91.2. The molecule has 2 aromatic rings. The molecule has 2 heterocycles. The number of aryl methyl sites for hydroxylation is 2. The second kappa shape index (κ2) is 14.4. The molecule has 0 radical (unpaired) electrons. The molecule has 2 aliphatic heterocycles. The Bertz CT molecular complexity index is 1780. The van der Waals surface area contributed by atoms with Gasteiger partial charge in [0, 0.05) is 36.3 Å². The van der Waals surface area contributed by atoms with Crippen molar-refractivity contribution in [3.63, 3.8) is 0 Å². The molecule has 2 saturated heterocycles. The SMILES string of the molecule is [2H]C([2H])([2H])C(C)(C([2H])(C)C)C(C)(C)N(C[C@@H](OC)[C@@H](NC(=O)O[C@@H]1[C@@H]2CCO[C@]2(C)OC1(C)C)C(C)c1ccccc1C)S(=O)(=O)c1ccc(N)cc1C. The quantitative estimate of drug-likeness (QED) is 0.208. The van der Waals surface area contributed by atoms with Crippen LogP contribution in [0.3, 0.4) is 0 Å². The van der Waals surface area contributed by atoms with Gasteiger partial charge in [-0.2, -0.15) is 4.31 Å². The lowest BCUT2D eigenvalue weighted by Crippen LogP contribution is -2.62. The van der Waals surface area contributed by atoms with Crippen molar-refractivity contribution >= 4 is 21.8 Å². The predicted molar refractivity (Wildman–Crippen MR) is 197 cm³/mol. The van der Waals surface area contributed by atoms with E-state index in [1.165, 1.54) is 53.9 Å². The summed E-state index contributed by atoms with van der Waals surface area (Å²) in [5.41, 5.74) is 4.03. The molecule has 3 N–H and O–H groups in total. The Kier molecular flexibility index (Phi) is 9.89. The van der Waals surface area contributed by atoms with Gasteiger partial charge in [-0.25, -0.2) is 13.2 Å². The lowest BCUT2D eigenvalue weighted by molar-refractivity contribution is -0.223. The van der Waals surface area contributed by atoms with E-state index in [0.717, 1.165) is 15.4 Å². The van der Waals surface area contributed by atoms with Gasteiger partial charge in [0.1, 0.15) is 11.7 Å². The van der Waals surface area contributed by atoms with Crippen LogP contribution in [0.25, 0.3) is 0 Å². The molecular weight excluding hydrogens is 655 g/mol. The molecule has 7 atom stereocenters. The number of benzene rings is 2. The molecule has 0 aliphatic carbocycles. The van der Waals surface area contributed by atoms with Gasteiger partial charge in [-0.1, -0.05) is 58.8 Å². The molecule has 10 nitrogen and oxygen atoms in total. The number of ether oxygens (including phenoxy) is 4. The van der Waals surface area contributed by atoms with Crippen LogP contribution < -0.4 is 11.1 Å². The highest BCUT2D eigenvalue weighted by atomic mass is 32.2. The number of amides is 1. The first-order valence-electron chi connectivity index (χ1n) is 19.4. The van der Waals surface area contributed by atoms with Crippen molar-refractivity contribution in [3.05, 3.63) is 59.2 Å². The number of sulfonamides is 1. The maximum absolute atomic E-state index is 15.1. The first-order chi connectivity index (χ1) is 24.6. The van der Waals surface area contributed by atoms with Crippen molar-refractivity contribution < 1.29 is 37.6 Å². The van der Waals surface area contributed by atoms with E-state index >= 15 is 8.42 Å². The lowest BCUT2D eigenvalue weighted by Gasteiger charge is -2.52. The van der Waals surface area contributed by atoms with Crippen molar-refractivity contribution in [2.45, 2.75) is 135 Å². The Morgan fingerprint density at radius 3 is 2.38 bits per heavy atom. The van der Waals surface area contributed by atoms with E-state index in [1.54, 1.807) is 13.0 Å². The first-order valence-corrected chi connectivity index (χ1v) is 18.8. The molecule has 4 rings (SSSR count). The predicted octanol–water partition coefficient (Wildman–Crippen LogP) is 7.18.